The van der Waals surface area contributed by atoms with Crippen LogP contribution in [0.15, 0.2) is 76.0 Å². The van der Waals surface area contributed by atoms with Crippen molar-refractivity contribution in [3.05, 3.63) is 82.0 Å². The molecule has 6 nitrogen and oxygen atoms in total. The van der Waals surface area contributed by atoms with Crippen LogP contribution in [-0.4, -0.2) is 27.8 Å². The average molecular weight is 480 g/mol. The molecule has 0 bridgehead atoms. The fourth-order valence-corrected chi connectivity index (χ4v) is 5.29. The van der Waals surface area contributed by atoms with Crippen LogP contribution in [0, 0.1) is 0 Å². The summed E-state index contributed by atoms with van der Waals surface area (Å²) in [4.78, 5) is 31.0. The van der Waals surface area contributed by atoms with Gasteiger partial charge < -0.3 is 10.1 Å². The number of nitrogens with zero attached hydrogens (tertiary/aromatic N) is 2. The van der Waals surface area contributed by atoms with Gasteiger partial charge in [0.1, 0.15) is 10.4 Å². The molecule has 0 fully saturated rings. The van der Waals surface area contributed by atoms with E-state index in [1.54, 1.807) is 17.7 Å². The molecule has 0 aliphatic heterocycles. The molecule has 0 radical (unpaired) electrons. The number of methoxy groups -OCH3 is 1. The highest BCUT2D eigenvalue weighted by Gasteiger charge is 2.22. The Balaban J connectivity index is 1.59. The van der Waals surface area contributed by atoms with Crippen LogP contribution in [0.1, 0.15) is 18.9 Å². The van der Waals surface area contributed by atoms with Crippen molar-refractivity contribution >= 4 is 44.9 Å². The molecule has 0 unspecified atom stereocenters. The van der Waals surface area contributed by atoms with Gasteiger partial charge in [-0.1, -0.05) is 55.1 Å². The van der Waals surface area contributed by atoms with E-state index in [0.717, 1.165) is 5.56 Å². The number of thioether (sulfide) groups is 1. The fourth-order valence-electron chi connectivity index (χ4n) is 3.47. The van der Waals surface area contributed by atoms with Gasteiger partial charge >= 0.3 is 0 Å². The van der Waals surface area contributed by atoms with Gasteiger partial charge in [0.2, 0.25) is 5.91 Å². The summed E-state index contributed by atoms with van der Waals surface area (Å²) >= 11 is 2.73. The van der Waals surface area contributed by atoms with E-state index in [0.29, 0.717) is 46.2 Å². The second-order valence-electron chi connectivity index (χ2n) is 7.46. The number of fused-ring (bicyclic) bond motifs is 1. The molecule has 2 aromatic carbocycles. The number of rotatable bonds is 9. The van der Waals surface area contributed by atoms with Crippen LogP contribution in [0.4, 0.5) is 5.69 Å². The second-order valence-corrected chi connectivity index (χ2v) is 9.54. The SMILES string of the molecule is CC[C@H](Sc1nc2ccsc2c(=O)n1CCc1ccccc1)C(=O)Nc1cccc(OC)c1. The topological polar surface area (TPSA) is 73.2 Å². The van der Waals surface area contributed by atoms with Crippen molar-refractivity contribution in [2.75, 3.05) is 12.4 Å². The van der Waals surface area contributed by atoms with Crippen molar-refractivity contribution < 1.29 is 9.53 Å². The highest BCUT2D eigenvalue weighted by Crippen LogP contribution is 2.28. The molecular formula is C25H25N3O3S2. The molecule has 1 atom stereocenters. The van der Waals surface area contributed by atoms with Gasteiger partial charge in [0.15, 0.2) is 5.16 Å². The number of hydrogen-bond acceptors (Lipinski definition) is 6. The summed E-state index contributed by atoms with van der Waals surface area (Å²) in [6.45, 7) is 2.46. The number of benzene rings is 2. The van der Waals surface area contributed by atoms with E-state index in [4.69, 9.17) is 9.72 Å². The lowest BCUT2D eigenvalue weighted by Gasteiger charge is -2.18. The van der Waals surface area contributed by atoms with Crippen molar-refractivity contribution in [2.45, 2.75) is 36.7 Å². The lowest BCUT2D eigenvalue weighted by molar-refractivity contribution is -0.115. The van der Waals surface area contributed by atoms with Crippen LogP contribution in [0.3, 0.4) is 0 Å². The van der Waals surface area contributed by atoms with Crippen LogP contribution < -0.4 is 15.6 Å². The highest BCUT2D eigenvalue weighted by atomic mass is 32.2. The predicted octanol–water partition coefficient (Wildman–Crippen LogP) is 5.22. The van der Waals surface area contributed by atoms with E-state index in [1.807, 2.05) is 66.9 Å². The van der Waals surface area contributed by atoms with Gasteiger partial charge in [-0.25, -0.2) is 4.98 Å². The van der Waals surface area contributed by atoms with E-state index >= 15 is 0 Å². The summed E-state index contributed by atoms with van der Waals surface area (Å²) in [5.41, 5.74) is 2.43. The van der Waals surface area contributed by atoms with Gasteiger partial charge in [-0.3, -0.25) is 14.2 Å². The highest BCUT2D eigenvalue weighted by molar-refractivity contribution is 8.00. The molecule has 0 saturated heterocycles. The lowest BCUT2D eigenvalue weighted by Crippen LogP contribution is -2.28. The Bertz CT molecular complexity index is 1300. The molecule has 0 saturated carbocycles. The molecule has 33 heavy (non-hydrogen) atoms. The first-order chi connectivity index (χ1) is 16.1. The molecule has 0 aliphatic carbocycles. The van der Waals surface area contributed by atoms with Crippen molar-refractivity contribution in [3.8, 4) is 5.75 Å². The third-order valence-corrected chi connectivity index (χ3v) is 7.49. The Kier molecular flexibility index (Phi) is 7.47. The number of hydrogen-bond donors (Lipinski definition) is 1. The van der Waals surface area contributed by atoms with Crippen LogP contribution in [0.5, 0.6) is 5.75 Å². The van der Waals surface area contributed by atoms with Crippen molar-refractivity contribution in [2.24, 2.45) is 0 Å². The largest absolute Gasteiger partial charge is 0.497 e. The minimum atomic E-state index is -0.401. The van der Waals surface area contributed by atoms with Crippen molar-refractivity contribution in [1.29, 1.82) is 0 Å². The van der Waals surface area contributed by atoms with Crippen LogP contribution in [0.25, 0.3) is 10.2 Å². The monoisotopic (exact) mass is 479 g/mol. The first-order valence-electron chi connectivity index (χ1n) is 10.7. The third-order valence-electron chi connectivity index (χ3n) is 5.25. The van der Waals surface area contributed by atoms with E-state index in [2.05, 4.69) is 5.32 Å². The minimum absolute atomic E-state index is 0.0588. The molecule has 4 aromatic rings. The molecule has 2 aromatic heterocycles. The summed E-state index contributed by atoms with van der Waals surface area (Å²) in [7, 11) is 1.59. The molecule has 0 aliphatic rings. The van der Waals surface area contributed by atoms with E-state index in [-0.39, 0.29) is 11.5 Å². The van der Waals surface area contributed by atoms with Crippen LogP contribution in [0.2, 0.25) is 0 Å². The van der Waals surface area contributed by atoms with E-state index in [9.17, 15) is 9.59 Å². The molecule has 170 valence electrons. The summed E-state index contributed by atoms with van der Waals surface area (Å²) in [5, 5.41) is 5.00. The Morgan fingerprint density at radius 3 is 2.76 bits per heavy atom. The number of carbonyl (C=O) groups excluding carboxylic acids is 1. The van der Waals surface area contributed by atoms with E-state index < -0.39 is 5.25 Å². The van der Waals surface area contributed by atoms with Gasteiger partial charge in [0.05, 0.1) is 17.9 Å². The number of nitrogens with one attached hydrogen (secondary N) is 1. The molecule has 8 heteroatoms. The zero-order valence-corrected chi connectivity index (χ0v) is 20.1. The van der Waals surface area contributed by atoms with Gasteiger partial charge in [-0.15, -0.1) is 11.3 Å². The number of aromatic nitrogens is 2. The van der Waals surface area contributed by atoms with E-state index in [1.165, 1.54) is 23.1 Å². The predicted molar refractivity (Wildman–Crippen MR) is 136 cm³/mol. The zero-order valence-electron chi connectivity index (χ0n) is 18.5. The van der Waals surface area contributed by atoms with Crippen molar-refractivity contribution in [1.82, 2.24) is 9.55 Å². The molecule has 1 amide bonds. The molecule has 1 N–H and O–H groups in total. The zero-order chi connectivity index (χ0) is 23.2. The quantitative estimate of drug-likeness (QED) is 0.263. The maximum absolute atomic E-state index is 13.2. The number of amides is 1. The lowest BCUT2D eigenvalue weighted by atomic mass is 10.1. The smallest absolute Gasteiger partial charge is 0.272 e. The summed E-state index contributed by atoms with van der Waals surface area (Å²) < 4.78 is 7.59. The molecular weight excluding hydrogens is 454 g/mol. The van der Waals surface area contributed by atoms with Gasteiger partial charge in [-0.2, -0.15) is 0 Å². The number of ether oxygens (including phenoxy) is 1. The third kappa shape index (κ3) is 5.46. The Hall–Kier alpha value is -3.10. The second kappa shape index (κ2) is 10.7. The number of aryl methyl sites for hydroxylation is 1. The summed E-state index contributed by atoms with van der Waals surface area (Å²) in [5.74, 6) is 0.540. The summed E-state index contributed by atoms with van der Waals surface area (Å²) in [6.07, 6.45) is 1.30. The summed E-state index contributed by atoms with van der Waals surface area (Å²) in [6, 6.07) is 19.2. The molecule has 0 spiro atoms. The first kappa shape index (κ1) is 23.1. The van der Waals surface area contributed by atoms with Crippen LogP contribution in [-0.2, 0) is 17.8 Å². The maximum Gasteiger partial charge on any atom is 0.272 e. The van der Waals surface area contributed by atoms with Gasteiger partial charge in [-0.05, 0) is 42.0 Å². The molecule has 2 heterocycles. The number of carbonyl (C=O) groups is 1. The van der Waals surface area contributed by atoms with Gasteiger partial charge in [0, 0.05) is 18.3 Å². The van der Waals surface area contributed by atoms with Gasteiger partial charge in [0.25, 0.3) is 5.56 Å². The average Bonchev–Trinajstić information content (AvgIpc) is 3.31. The minimum Gasteiger partial charge on any atom is -0.497 e. The maximum atomic E-state index is 13.2. The van der Waals surface area contributed by atoms with Crippen molar-refractivity contribution in [3.63, 3.8) is 0 Å². The standard InChI is InChI=1S/C25H25N3O3S2/c1-3-21(23(29)26-18-10-7-11-19(16-18)31-2)33-25-27-20-13-15-32-22(20)24(30)28(25)14-12-17-8-5-4-6-9-17/h4-11,13,15-16,21H,3,12,14H2,1-2H3,(H,26,29)/t21-/m0/s1. The fraction of sp³-hybridized carbons (Fsp3) is 0.240. The first-order valence-corrected chi connectivity index (χ1v) is 12.5. The number of thiophene rings is 1. The Morgan fingerprint density at radius 1 is 1.18 bits per heavy atom. The Morgan fingerprint density at radius 2 is 2.00 bits per heavy atom. The number of anilines is 1. The Labute approximate surface area is 200 Å². The van der Waals surface area contributed by atoms with Crippen LogP contribution >= 0.6 is 23.1 Å². The molecule has 4 rings (SSSR count). The normalized spacial score (nSPS) is 11.9.